The van der Waals surface area contributed by atoms with Crippen LogP contribution in [0.15, 0.2) is 52.7 Å². The van der Waals surface area contributed by atoms with Crippen molar-refractivity contribution in [3.63, 3.8) is 0 Å². The third-order valence-corrected chi connectivity index (χ3v) is 2.42. The van der Waals surface area contributed by atoms with Gasteiger partial charge in [0.2, 0.25) is 0 Å². The van der Waals surface area contributed by atoms with Gasteiger partial charge in [0.05, 0.1) is 16.0 Å². The van der Waals surface area contributed by atoms with Crippen LogP contribution >= 0.6 is 24.4 Å². The van der Waals surface area contributed by atoms with Gasteiger partial charge in [-0.25, -0.2) is 0 Å². The summed E-state index contributed by atoms with van der Waals surface area (Å²) in [5.74, 6) is 0. The number of isothiocyanates is 2. The summed E-state index contributed by atoms with van der Waals surface area (Å²) in [4.78, 5) is 0. The van der Waals surface area contributed by atoms with Crippen molar-refractivity contribution in [1.82, 2.24) is 0 Å². The van der Waals surface area contributed by atoms with Gasteiger partial charge in [-0.15, -0.1) is 5.12 Å². The van der Waals surface area contributed by atoms with Crippen molar-refractivity contribution in [3.8, 4) is 0 Å². The van der Waals surface area contributed by atoms with E-state index in [2.05, 4.69) is 45.0 Å². The van der Waals surface area contributed by atoms with Crippen molar-refractivity contribution < 1.29 is 0 Å². The average molecular weight is 257 g/mol. The number of thiocarbonyl (C=S) groups is 2. The summed E-state index contributed by atoms with van der Waals surface area (Å²) in [7, 11) is 0. The molecule has 0 aliphatic rings. The van der Waals surface area contributed by atoms with Crippen LogP contribution in [0.5, 0.6) is 0 Å². The zero-order chi connectivity index (χ0) is 12.1. The number of hydrogen-bond donors (Lipinski definition) is 0. The third-order valence-electron chi connectivity index (χ3n) is 2.25. The monoisotopic (exact) mass is 257 g/mol. The second-order valence-corrected chi connectivity index (χ2v) is 3.54. The van der Waals surface area contributed by atoms with Crippen molar-refractivity contribution in [2.24, 2.45) is 10.2 Å². The van der Waals surface area contributed by atoms with Gasteiger partial charge in [-0.3, -0.25) is 0 Å². The zero-order valence-corrected chi connectivity index (χ0v) is 10.3. The lowest BCUT2D eigenvalue weighted by Crippen LogP contribution is -2.06. The van der Waals surface area contributed by atoms with Crippen LogP contribution in [0.25, 0.3) is 10.8 Å². The number of hydrogen-bond acceptors (Lipinski definition) is 5. The van der Waals surface area contributed by atoms with Gasteiger partial charge in [-0.1, -0.05) is 46.6 Å². The Hall–Kier alpha value is -1.90. The van der Waals surface area contributed by atoms with Crippen molar-refractivity contribution in [2.45, 2.75) is 0 Å². The van der Waals surface area contributed by atoms with Crippen LogP contribution < -0.4 is 5.12 Å². The maximum Gasteiger partial charge on any atom is 0.0950 e. The highest BCUT2D eigenvalue weighted by Crippen LogP contribution is 2.26. The van der Waals surface area contributed by atoms with Crippen LogP contribution in [0.4, 0.5) is 5.69 Å². The molecule has 0 saturated heterocycles. The van der Waals surface area contributed by atoms with Crippen LogP contribution in [0.2, 0.25) is 0 Å². The molecule has 3 nitrogen and oxygen atoms in total. The third kappa shape index (κ3) is 2.44. The molecule has 17 heavy (non-hydrogen) atoms. The Morgan fingerprint density at radius 3 is 2.24 bits per heavy atom. The summed E-state index contributed by atoms with van der Waals surface area (Å²) in [5.41, 5.74) is 0.790. The lowest BCUT2D eigenvalue weighted by Gasteiger charge is -2.11. The molecule has 0 bridgehead atoms. The van der Waals surface area contributed by atoms with Gasteiger partial charge in [0.25, 0.3) is 0 Å². The number of benzene rings is 2. The fraction of sp³-hybridized carbons (Fsp3) is 0. The number of hydrazone groups is 2. The number of anilines is 1. The van der Waals surface area contributed by atoms with Gasteiger partial charge in [0.1, 0.15) is 0 Å². The quantitative estimate of drug-likeness (QED) is 0.477. The molecule has 0 spiro atoms. The van der Waals surface area contributed by atoms with Crippen LogP contribution in [0.1, 0.15) is 0 Å². The molecule has 2 aromatic rings. The Balaban J connectivity index is 2.68. The van der Waals surface area contributed by atoms with Crippen molar-refractivity contribution >= 4 is 51.2 Å². The fourth-order valence-corrected chi connectivity index (χ4v) is 1.74. The highest BCUT2D eigenvalue weighted by Gasteiger charge is 2.06. The first-order valence-electron chi connectivity index (χ1n) is 4.80. The van der Waals surface area contributed by atoms with Crippen LogP contribution in [0, 0.1) is 0 Å². The molecule has 0 amide bonds. The van der Waals surface area contributed by atoms with Gasteiger partial charge in [0, 0.05) is 5.39 Å². The molecule has 0 aromatic heterocycles. The zero-order valence-electron chi connectivity index (χ0n) is 8.70. The molecular weight excluding hydrogens is 250 g/mol. The van der Waals surface area contributed by atoms with E-state index in [4.69, 9.17) is 0 Å². The van der Waals surface area contributed by atoms with Crippen molar-refractivity contribution in [1.29, 1.82) is 0 Å². The van der Waals surface area contributed by atoms with E-state index >= 15 is 0 Å². The van der Waals surface area contributed by atoms with Crippen LogP contribution in [0.3, 0.4) is 0 Å². The summed E-state index contributed by atoms with van der Waals surface area (Å²) >= 11 is 9.17. The van der Waals surface area contributed by atoms with E-state index in [1.165, 1.54) is 5.12 Å². The molecule has 0 unspecified atom stereocenters. The Morgan fingerprint density at radius 1 is 0.882 bits per heavy atom. The first-order valence-corrected chi connectivity index (χ1v) is 5.62. The molecule has 0 radical (unpaired) electrons. The summed E-state index contributed by atoms with van der Waals surface area (Å²) < 4.78 is 0. The minimum Gasteiger partial charge on any atom is -0.133 e. The highest BCUT2D eigenvalue weighted by atomic mass is 32.1. The SMILES string of the molecule is S=C=NN(N=C=S)c1cccc2ccccc12. The highest BCUT2D eigenvalue weighted by molar-refractivity contribution is 7.78. The van der Waals surface area contributed by atoms with E-state index in [0.717, 1.165) is 16.5 Å². The number of rotatable bonds is 3. The molecule has 0 heterocycles. The van der Waals surface area contributed by atoms with Gasteiger partial charge >= 0.3 is 0 Å². The van der Waals surface area contributed by atoms with Gasteiger partial charge in [-0.2, -0.15) is 0 Å². The molecule has 5 heteroatoms. The Kier molecular flexibility index (Phi) is 3.70. The lowest BCUT2D eigenvalue weighted by atomic mass is 10.1. The van der Waals surface area contributed by atoms with Gasteiger partial charge < -0.3 is 0 Å². The normalized spacial score (nSPS) is 9.18. The minimum absolute atomic E-state index is 0.790. The average Bonchev–Trinajstić information content (AvgIpc) is 2.38. The molecule has 0 fully saturated rings. The molecule has 0 aliphatic carbocycles. The maximum atomic E-state index is 4.59. The largest absolute Gasteiger partial charge is 0.133 e. The standard InChI is InChI=1S/C12H7N3S2/c16-8-13-15(14-9-17)12-7-3-5-10-4-1-2-6-11(10)12/h1-7H. The van der Waals surface area contributed by atoms with Gasteiger partial charge in [0.15, 0.2) is 0 Å². The number of nitrogens with zero attached hydrogens (tertiary/aromatic N) is 3. The topological polar surface area (TPSA) is 28.0 Å². The maximum absolute atomic E-state index is 4.59. The summed E-state index contributed by atoms with van der Waals surface area (Å²) in [5, 5.41) is 15.6. The lowest BCUT2D eigenvalue weighted by molar-refractivity contribution is 0.950. The van der Waals surface area contributed by atoms with Crippen molar-refractivity contribution in [3.05, 3.63) is 42.5 Å². The molecule has 0 aliphatic heterocycles. The first kappa shape index (κ1) is 11.6. The summed E-state index contributed by atoms with van der Waals surface area (Å²) in [6.07, 6.45) is 0. The Bertz CT molecular complexity index is 618. The van der Waals surface area contributed by atoms with E-state index in [-0.39, 0.29) is 0 Å². The minimum atomic E-state index is 0.790. The van der Waals surface area contributed by atoms with E-state index in [0.29, 0.717) is 0 Å². The molecule has 0 saturated carbocycles. The van der Waals surface area contributed by atoms with E-state index in [1.54, 1.807) is 0 Å². The Labute approximate surface area is 109 Å². The Morgan fingerprint density at radius 2 is 1.53 bits per heavy atom. The summed E-state index contributed by atoms with van der Waals surface area (Å²) in [6.45, 7) is 0. The molecule has 82 valence electrons. The molecular formula is C12H7N3S2. The second kappa shape index (κ2) is 5.43. The smallest absolute Gasteiger partial charge is 0.0950 e. The second-order valence-electron chi connectivity index (χ2n) is 3.17. The molecule has 2 aromatic carbocycles. The van der Waals surface area contributed by atoms with E-state index in [1.807, 2.05) is 42.5 Å². The molecule has 2 rings (SSSR count). The fourth-order valence-electron chi connectivity index (χ4n) is 1.59. The summed E-state index contributed by atoms with van der Waals surface area (Å²) in [6, 6.07) is 13.7. The molecule has 0 N–H and O–H groups in total. The van der Waals surface area contributed by atoms with Crippen molar-refractivity contribution in [2.75, 3.05) is 5.12 Å². The predicted molar refractivity (Wildman–Crippen MR) is 76.5 cm³/mol. The molecule has 0 atom stereocenters. The van der Waals surface area contributed by atoms with Crippen LogP contribution in [-0.2, 0) is 0 Å². The van der Waals surface area contributed by atoms with E-state index < -0.39 is 0 Å². The predicted octanol–water partition coefficient (Wildman–Crippen LogP) is 3.68. The first-order chi connectivity index (χ1) is 8.36. The number of fused-ring (bicyclic) bond motifs is 1. The van der Waals surface area contributed by atoms with Crippen LogP contribution in [-0.4, -0.2) is 10.3 Å². The van der Waals surface area contributed by atoms with E-state index in [9.17, 15) is 0 Å². The van der Waals surface area contributed by atoms with Gasteiger partial charge in [-0.05, 0) is 35.9 Å².